The Balaban J connectivity index is 1.56. The molecule has 0 atom stereocenters. The van der Waals surface area contributed by atoms with E-state index in [4.69, 9.17) is 0 Å². The first-order chi connectivity index (χ1) is 13.4. The van der Waals surface area contributed by atoms with Crippen molar-refractivity contribution in [1.82, 2.24) is 4.57 Å². The molecule has 1 fully saturated rings. The fraction of sp³-hybridized carbons (Fsp3) is 0.250. The second kappa shape index (κ2) is 7.25. The maximum absolute atomic E-state index is 12.7. The molecule has 6 nitrogen and oxygen atoms in total. The second-order valence-electron chi connectivity index (χ2n) is 6.84. The predicted octanol–water partition coefficient (Wildman–Crippen LogP) is 3.89. The first kappa shape index (κ1) is 19.0. The Morgan fingerprint density at radius 3 is 2.71 bits per heavy atom. The van der Waals surface area contributed by atoms with Gasteiger partial charge in [-0.1, -0.05) is 24.3 Å². The van der Waals surface area contributed by atoms with Crippen molar-refractivity contribution in [3.05, 3.63) is 58.7 Å². The predicted molar refractivity (Wildman–Crippen MR) is 115 cm³/mol. The van der Waals surface area contributed by atoms with Crippen molar-refractivity contribution in [2.75, 3.05) is 21.9 Å². The van der Waals surface area contributed by atoms with Crippen molar-refractivity contribution in [3.63, 3.8) is 0 Å². The molecule has 2 aromatic carbocycles. The number of nitrogens with one attached hydrogen (secondary N) is 1. The van der Waals surface area contributed by atoms with E-state index in [-0.39, 0.29) is 18.2 Å². The third-order valence-corrected chi connectivity index (χ3v) is 7.84. The largest absolute Gasteiger partial charge is 0.334 e. The Morgan fingerprint density at radius 1 is 1.18 bits per heavy atom. The number of amides is 1. The van der Waals surface area contributed by atoms with Crippen LogP contribution >= 0.6 is 15.9 Å². The third-order valence-electron chi connectivity index (χ3n) is 4.97. The van der Waals surface area contributed by atoms with Gasteiger partial charge in [0.1, 0.15) is 6.54 Å². The lowest BCUT2D eigenvalue weighted by Gasteiger charge is -2.18. The van der Waals surface area contributed by atoms with Crippen LogP contribution in [0.3, 0.4) is 0 Å². The zero-order valence-corrected chi connectivity index (χ0v) is 17.8. The molecule has 1 aliphatic rings. The quantitative estimate of drug-likeness (QED) is 0.640. The molecule has 0 unspecified atom stereocenters. The van der Waals surface area contributed by atoms with Crippen molar-refractivity contribution in [2.45, 2.75) is 19.9 Å². The third kappa shape index (κ3) is 3.42. The van der Waals surface area contributed by atoms with E-state index < -0.39 is 10.0 Å². The molecule has 28 heavy (non-hydrogen) atoms. The van der Waals surface area contributed by atoms with Crippen LogP contribution in [-0.4, -0.2) is 31.2 Å². The second-order valence-corrected chi connectivity index (χ2v) is 9.65. The highest BCUT2D eigenvalue weighted by Crippen LogP contribution is 2.30. The summed E-state index contributed by atoms with van der Waals surface area (Å²) in [4.78, 5) is 12.7. The van der Waals surface area contributed by atoms with E-state index in [1.54, 1.807) is 24.3 Å². The monoisotopic (exact) mass is 461 g/mol. The number of para-hydroxylation sites is 1. The van der Waals surface area contributed by atoms with Gasteiger partial charge in [-0.2, -0.15) is 0 Å². The lowest BCUT2D eigenvalue weighted by molar-refractivity contribution is -0.116. The summed E-state index contributed by atoms with van der Waals surface area (Å²) >= 11 is 3.60. The number of nitrogens with zero attached hydrogens (tertiary/aromatic N) is 2. The zero-order valence-electron chi connectivity index (χ0n) is 15.4. The number of rotatable bonds is 4. The summed E-state index contributed by atoms with van der Waals surface area (Å²) < 4.78 is 28.6. The van der Waals surface area contributed by atoms with Crippen LogP contribution in [0, 0.1) is 6.92 Å². The van der Waals surface area contributed by atoms with Gasteiger partial charge in [-0.05, 0) is 53.5 Å². The molecule has 1 N–H and O–H groups in total. The van der Waals surface area contributed by atoms with E-state index in [9.17, 15) is 13.2 Å². The highest BCUT2D eigenvalue weighted by Gasteiger charge is 2.28. The van der Waals surface area contributed by atoms with Gasteiger partial charge in [0, 0.05) is 33.3 Å². The molecule has 0 saturated carbocycles. The van der Waals surface area contributed by atoms with E-state index in [0.717, 1.165) is 21.1 Å². The Bertz CT molecular complexity index is 1170. The lowest BCUT2D eigenvalue weighted by Crippen LogP contribution is -2.25. The standard InChI is InChI=1S/C20H20BrN3O3S/c1-14-20(21)17-8-2-3-9-18(17)23(14)13-19(25)22-15-6-4-7-16(12-15)24-10-5-11-28(24,26)27/h2-4,6-9,12H,5,10-11,13H2,1H3,(H,22,25). The van der Waals surface area contributed by atoms with Gasteiger partial charge in [-0.25, -0.2) is 8.42 Å². The van der Waals surface area contributed by atoms with Gasteiger partial charge >= 0.3 is 0 Å². The normalized spacial score (nSPS) is 15.9. The number of carbonyl (C=O) groups is 1. The van der Waals surface area contributed by atoms with Crippen molar-refractivity contribution in [1.29, 1.82) is 0 Å². The van der Waals surface area contributed by atoms with E-state index >= 15 is 0 Å². The van der Waals surface area contributed by atoms with Gasteiger partial charge in [0.25, 0.3) is 0 Å². The average molecular weight is 462 g/mol. The minimum Gasteiger partial charge on any atom is -0.334 e. The number of hydrogen-bond donors (Lipinski definition) is 1. The minimum atomic E-state index is -3.25. The Morgan fingerprint density at radius 2 is 1.96 bits per heavy atom. The molecule has 1 saturated heterocycles. The maximum atomic E-state index is 12.7. The van der Waals surface area contributed by atoms with E-state index in [2.05, 4.69) is 21.2 Å². The van der Waals surface area contributed by atoms with Gasteiger partial charge in [-0.15, -0.1) is 0 Å². The van der Waals surface area contributed by atoms with Crippen LogP contribution in [0.2, 0.25) is 0 Å². The highest BCUT2D eigenvalue weighted by atomic mass is 79.9. The van der Waals surface area contributed by atoms with E-state index in [1.165, 1.54) is 4.31 Å². The fourth-order valence-electron chi connectivity index (χ4n) is 3.60. The molecule has 2 heterocycles. The van der Waals surface area contributed by atoms with Crippen molar-refractivity contribution >= 4 is 54.1 Å². The Labute approximate surface area is 172 Å². The van der Waals surface area contributed by atoms with Crippen LogP contribution in [0.15, 0.2) is 53.0 Å². The molecule has 1 aromatic heterocycles. The molecule has 4 rings (SSSR count). The highest BCUT2D eigenvalue weighted by molar-refractivity contribution is 9.10. The molecule has 1 aliphatic heterocycles. The van der Waals surface area contributed by atoms with Crippen molar-refractivity contribution < 1.29 is 13.2 Å². The van der Waals surface area contributed by atoms with Crippen LogP contribution in [0.5, 0.6) is 0 Å². The average Bonchev–Trinajstić information content (AvgIpc) is 3.14. The van der Waals surface area contributed by atoms with E-state index in [0.29, 0.717) is 24.3 Å². The number of fused-ring (bicyclic) bond motifs is 1. The molecule has 0 radical (unpaired) electrons. The van der Waals surface area contributed by atoms with Crippen LogP contribution in [0.1, 0.15) is 12.1 Å². The molecule has 146 valence electrons. The summed E-state index contributed by atoms with van der Waals surface area (Å²) in [5, 5.41) is 3.95. The molecule has 3 aromatic rings. The molecule has 0 spiro atoms. The van der Waals surface area contributed by atoms with Crippen molar-refractivity contribution in [2.24, 2.45) is 0 Å². The van der Waals surface area contributed by atoms with Gasteiger partial charge < -0.3 is 9.88 Å². The summed E-state index contributed by atoms with van der Waals surface area (Å²) in [5.41, 5.74) is 3.13. The summed E-state index contributed by atoms with van der Waals surface area (Å²) in [5.74, 6) is -0.00360. The van der Waals surface area contributed by atoms with Crippen LogP contribution in [0.25, 0.3) is 10.9 Å². The lowest BCUT2D eigenvalue weighted by atomic mass is 10.2. The summed E-state index contributed by atoms with van der Waals surface area (Å²) in [6, 6.07) is 14.9. The van der Waals surface area contributed by atoms with Gasteiger partial charge in [0.15, 0.2) is 0 Å². The van der Waals surface area contributed by atoms with Gasteiger partial charge in [-0.3, -0.25) is 9.10 Å². The summed E-state index contributed by atoms with van der Waals surface area (Å²) in [7, 11) is -3.25. The van der Waals surface area contributed by atoms with Crippen LogP contribution in [0.4, 0.5) is 11.4 Å². The number of anilines is 2. The number of sulfonamides is 1. The molecule has 0 aliphatic carbocycles. The van der Waals surface area contributed by atoms with Gasteiger partial charge in [0.2, 0.25) is 15.9 Å². The molecule has 0 bridgehead atoms. The smallest absolute Gasteiger partial charge is 0.244 e. The first-order valence-corrected chi connectivity index (χ1v) is 11.4. The van der Waals surface area contributed by atoms with Crippen molar-refractivity contribution in [3.8, 4) is 0 Å². The number of benzene rings is 2. The Hall–Kier alpha value is -2.32. The fourth-order valence-corrected chi connectivity index (χ4v) is 5.71. The Kier molecular flexibility index (Phi) is 4.93. The number of aromatic nitrogens is 1. The number of halogens is 1. The number of carbonyl (C=O) groups excluding carboxylic acids is 1. The van der Waals surface area contributed by atoms with Crippen LogP contribution < -0.4 is 9.62 Å². The number of hydrogen-bond acceptors (Lipinski definition) is 3. The SMILES string of the molecule is Cc1c(Br)c2ccccc2n1CC(=O)Nc1cccc(N2CCCS2(=O)=O)c1. The van der Waals surface area contributed by atoms with Gasteiger partial charge in [0.05, 0.1) is 11.4 Å². The maximum Gasteiger partial charge on any atom is 0.244 e. The molecule has 8 heteroatoms. The summed E-state index contributed by atoms with van der Waals surface area (Å²) in [6.07, 6.45) is 0.619. The first-order valence-electron chi connectivity index (χ1n) is 9.00. The summed E-state index contributed by atoms with van der Waals surface area (Å²) in [6.45, 7) is 2.61. The van der Waals surface area contributed by atoms with E-state index in [1.807, 2.05) is 35.8 Å². The molecule has 1 amide bonds. The van der Waals surface area contributed by atoms with Crippen LogP contribution in [-0.2, 0) is 21.4 Å². The molecular weight excluding hydrogens is 442 g/mol. The minimum absolute atomic E-state index is 0.165. The topological polar surface area (TPSA) is 71.4 Å². The zero-order chi connectivity index (χ0) is 19.9. The molecular formula is C20H20BrN3O3S.